The monoisotopic (exact) mass is 300 g/mol. The topological polar surface area (TPSA) is 83.0 Å². The lowest BCUT2D eigenvalue weighted by atomic mass is 10.2. The van der Waals surface area contributed by atoms with Gasteiger partial charge in [-0.25, -0.2) is 14.5 Å². The summed E-state index contributed by atoms with van der Waals surface area (Å²) in [4.78, 5) is 14.7. The Morgan fingerprint density at radius 1 is 1.43 bits per heavy atom. The number of carbonyl (C=O) groups excluding carboxylic acids is 1. The van der Waals surface area contributed by atoms with Gasteiger partial charge in [0.25, 0.3) is 0 Å². The van der Waals surface area contributed by atoms with Gasteiger partial charge in [-0.1, -0.05) is 0 Å². The highest BCUT2D eigenvalue weighted by Crippen LogP contribution is 2.30. The summed E-state index contributed by atoms with van der Waals surface area (Å²) in [6.07, 6.45) is -1.28. The molecule has 2 rings (SSSR count). The Bertz CT molecular complexity index is 667. The van der Waals surface area contributed by atoms with Crippen LogP contribution in [-0.2, 0) is 10.9 Å². The average molecular weight is 300 g/mol. The average Bonchev–Trinajstić information content (AvgIpc) is 2.87. The van der Waals surface area contributed by atoms with E-state index in [1.54, 1.807) is 6.92 Å². The van der Waals surface area contributed by atoms with Crippen LogP contribution >= 0.6 is 0 Å². The van der Waals surface area contributed by atoms with E-state index in [-0.39, 0.29) is 23.5 Å². The number of aromatic nitrogens is 3. The number of rotatable bonds is 3. The highest BCUT2D eigenvalue weighted by Gasteiger charge is 2.33. The van der Waals surface area contributed by atoms with Crippen molar-refractivity contribution in [1.82, 2.24) is 14.8 Å². The maximum Gasteiger partial charge on any atom is 0.433 e. The van der Waals surface area contributed by atoms with Crippen molar-refractivity contribution in [3.63, 3.8) is 0 Å². The maximum atomic E-state index is 12.6. The Morgan fingerprint density at radius 3 is 2.76 bits per heavy atom. The smallest absolute Gasteiger partial charge is 0.433 e. The molecule has 21 heavy (non-hydrogen) atoms. The molecule has 2 aromatic rings. The molecule has 0 spiro atoms. The van der Waals surface area contributed by atoms with Gasteiger partial charge in [0.15, 0.2) is 0 Å². The highest BCUT2D eigenvalue weighted by molar-refractivity contribution is 5.88. The van der Waals surface area contributed by atoms with E-state index in [1.807, 2.05) is 0 Å². The third-order valence-electron chi connectivity index (χ3n) is 2.54. The van der Waals surface area contributed by atoms with Crippen LogP contribution in [0.5, 0.6) is 0 Å². The summed E-state index contributed by atoms with van der Waals surface area (Å²) in [5.74, 6) is -0.618. The summed E-state index contributed by atoms with van der Waals surface area (Å²) in [5, 5.41) is 3.81. The molecular formula is C12H11F3N4O2. The first-order chi connectivity index (χ1) is 9.82. The third-order valence-corrected chi connectivity index (χ3v) is 2.54. The first kappa shape index (κ1) is 14.8. The lowest BCUT2D eigenvalue weighted by Gasteiger charge is -2.10. The fourth-order valence-electron chi connectivity index (χ4n) is 1.58. The van der Waals surface area contributed by atoms with Gasteiger partial charge >= 0.3 is 12.1 Å². The van der Waals surface area contributed by atoms with Crippen LogP contribution in [0.3, 0.4) is 0 Å². The summed E-state index contributed by atoms with van der Waals surface area (Å²) < 4.78 is 43.8. The molecule has 0 aliphatic heterocycles. The number of hydrogen-bond acceptors (Lipinski definition) is 5. The molecule has 2 heterocycles. The molecule has 0 aliphatic carbocycles. The SMILES string of the molecule is CCOC(=O)c1cnn(-c2cc(C(F)(F)F)ncc2N)c1. The molecule has 0 radical (unpaired) electrons. The van der Waals surface area contributed by atoms with Crippen LogP contribution in [0.2, 0.25) is 0 Å². The van der Waals surface area contributed by atoms with Gasteiger partial charge in [-0.2, -0.15) is 18.3 Å². The summed E-state index contributed by atoms with van der Waals surface area (Å²) in [5.41, 5.74) is 4.60. The number of nitrogen functional groups attached to an aromatic ring is 1. The van der Waals surface area contributed by atoms with E-state index in [1.165, 1.54) is 12.4 Å². The van der Waals surface area contributed by atoms with Crippen LogP contribution in [0.15, 0.2) is 24.7 Å². The van der Waals surface area contributed by atoms with Gasteiger partial charge in [0.2, 0.25) is 0 Å². The van der Waals surface area contributed by atoms with Gasteiger partial charge in [0.1, 0.15) is 5.69 Å². The Kier molecular flexibility index (Phi) is 3.83. The number of ether oxygens (including phenoxy) is 1. The second kappa shape index (κ2) is 5.43. The van der Waals surface area contributed by atoms with E-state index >= 15 is 0 Å². The zero-order chi connectivity index (χ0) is 15.6. The van der Waals surface area contributed by atoms with Crippen LogP contribution in [0.1, 0.15) is 23.0 Å². The number of nitrogens with two attached hydrogens (primary N) is 1. The van der Waals surface area contributed by atoms with Crippen molar-refractivity contribution in [2.45, 2.75) is 13.1 Å². The van der Waals surface area contributed by atoms with E-state index in [4.69, 9.17) is 10.5 Å². The number of pyridine rings is 1. The number of carbonyl (C=O) groups is 1. The van der Waals surface area contributed by atoms with Gasteiger partial charge in [-0.05, 0) is 13.0 Å². The summed E-state index contributed by atoms with van der Waals surface area (Å²) in [7, 11) is 0. The van der Waals surface area contributed by atoms with Gasteiger partial charge in [-0.3, -0.25) is 0 Å². The maximum absolute atomic E-state index is 12.6. The largest absolute Gasteiger partial charge is 0.462 e. The second-order valence-electron chi connectivity index (χ2n) is 4.02. The number of hydrogen-bond donors (Lipinski definition) is 1. The predicted molar refractivity (Wildman–Crippen MR) is 66.7 cm³/mol. The van der Waals surface area contributed by atoms with Crippen molar-refractivity contribution >= 4 is 11.7 Å². The molecule has 0 saturated heterocycles. The summed E-state index contributed by atoms with van der Waals surface area (Å²) in [6, 6.07) is 0.761. The van der Waals surface area contributed by atoms with Crippen molar-refractivity contribution < 1.29 is 22.7 Å². The molecule has 0 atom stereocenters. The first-order valence-electron chi connectivity index (χ1n) is 5.87. The van der Waals surface area contributed by atoms with Gasteiger partial charge in [0.05, 0.1) is 35.9 Å². The minimum absolute atomic E-state index is 0.00140. The molecule has 0 amide bonds. The minimum Gasteiger partial charge on any atom is -0.462 e. The van der Waals surface area contributed by atoms with Gasteiger partial charge < -0.3 is 10.5 Å². The molecule has 0 unspecified atom stereocenters. The molecule has 112 valence electrons. The quantitative estimate of drug-likeness (QED) is 0.877. The fourth-order valence-corrected chi connectivity index (χ4v) is 1.58. The molecule has 0 aliphatic rings. The second-order valence-corrected chi connectivity index (χ2v) is 4.02. The molecule has 0 saturated carbocycles. The first-order valence-corrected chi connectivity index (χ1v) is 5.87. The van der Waals surface area contributed by atoms with E-state index in [2.05, 4.69) is 10.1 Å². The molecule has 0 bridgehead atoms. The number of esters is 1. The molecular weight excluding hydrogens is 289 g/mol. The molecule has 2 N–H and O–H groups in total. The van der Waals surface area contributed by atoms with Gasteiger partial charge in [0, 0.05) is 6.20 Å². The van der Waals surface area contributed by atoms with Crippen molar-refractivity contribution in [2.24, 2.45) is 0 Å². The standard InChI is InChI=1S/C12H11F3N4O2/c1-2-21-11(20)7-4-18-19(6-7)9-3-10(12(13,14)15)17-5-8(9)16/h3-6H,2,16H2,1H3. The van der Waals surface area contributed by atoms with Crippen molar-refractivity contribution in [2.75, 3.05) is 12.3 Å². The Hall–Kier alpha value is -2.58. The lowest BCUT2D eigenvalue weighted by Crippen LogP contribution is -2.11. The summed E-state index contributed by atoms with van der Waals surface area (Å²) >= 11 is 0. The highest BCUT2D eigenvalue weighted by atomic mass is 19.4. The van der Waals surface area contributed by atoms with Crippen LogP contribution in [0.25, 0.3) is 5.69 Å². The zero-order valence-corrected chi connectivity index (χ0v) is 10.9. The van der Waals surface area contributed by atoms with Crippen LogP contribution < -0.4 is 5.73 Å². The normalized spacial score (nSPS) is 11.4. The Morgan fingerprint density at radius 2 is 2.14 bits per heavy atom. The van der Waals surface area contributed by atoms with Crippen LogP contribution in [-0.4, -0.2) is 27.3 Å². The Labute approximate surface area is 117 Å². The van der Waals surface area contributed by atoms with Crippen LogP contribution in [0.4, 0.5) is 18.9 Å². The van der Waals surface area contributed by atoms with E-state index in [9.17, 15) is 18.0 Å². The molecule has 0 fully saturated rings. The van der Waals surface area contributed by atoms with E-state index in [0.29, 0.717) is 0 Å². The lowest BCUT2D eigenvalue weighted by molar-refractivity contribution is -0.141. The predicted octanol–water partition coefficient (Wildman–Crippen LogP) is 2.04. The third kappa shape index (κ3) is 3.12. The molecule has 6 nitrogen and oxygen atoms in total. The number of alkyl halides is 3. The van der Waals surface area contributed by atoms with E-state index in [0.717, 1.165) is 16.9 Å². The van der Waals surface area contributed by atoms with Crippen molar-refractivity contribution in [1.29, 1.82) is 0 Å². The Balaban J connectivity index is 2.40. The van der Waals surface area contributed by atoms with Gasteiger partial charge in [-0.15, -0.1) is 0 Å². The minimum atomic E-state index is -4.60. The molecule has 2 aromatic heterocycles. The molecule has 0 aromatic carbocycles. The molecule has 9 heteroatoms. The number of anilines is 1. The van der Waals surface area contributed by atoms with E-state index < -0.39 is 17.8 Å². The summed E-state index contributed by atoms with van der Waals surface area (Å²) in [6.45, 7) is 1.82. The number of nitrogens with zero attached hydrogens (tertiary/aromatic N) is 3. The van der Waals surface area contributed by atoms with Crippen molar-refractivity contribution in [3.8, 4) is 5.69 Å². The zero-order valence-electron chi connectivity index (χ0n) is 10.9. The number of halogens is 3. The fraction of sp³-hybridized carbons (Fsp3) is 0.250. The van der Waals surface area contributed by atoms with Crippen molar-refractivity contribution in [3.05, 3.63) is 35.9 Å². The van der Waals surface area contributed by atoms with Crippen LogP contribution in [0, 0.1) is 0 Å².